The van der Waals surface area contributed by atoms with Gasteiger partial charge in [0.2, 0.25) is 23.6 Å². The Morgan fingerprint density at radius 3 is 1.26 bits per heavy atom. The van der Waals surface area contributed by atoms with Gasteiger partial charge in [0.1, 0.15) is 0 Å². The first-order chi connectivity index (χ1) is 20.9. The van der Waals surface area contributed by atoms with Crippen LogP contribution in [0.5, 0.6) is 0 Å². The summed E-state index contributed by atoms with van der Waals surface area (Å²) < 4.78 is 0. The number of amides is 4. The van der Waals surface area contributed by atoms with Gasteiger partial charge in [0, 0.05) is 6.54 Å². The van der Waals surface area contributed by atoms with Gasteiger partial charge in [0.05, 0.1) is 23.7 Å². The lowest BCUT2D eigenvalue weighted by atomic mass is 9.77. The molecule has 8 aliphatic rings. The van der Waals surface area contributed by atoms with E-state index in [0.717, 1.165) is 50.0 Å². The van der Waals surface area contributed by atoms with Crippen molar-refractivity contribution in [3.8, 4) is 0 Å². The Morgan fingerprint density at radius 1 is 0.512 bits per heavy atom. The second-order valence-corrected chi connectivity index (χ2v) is 15.7. The first-order valence-corrected chi connectivity index (χ1v) is 18.6. The van der Waals surface area contributed by atoms with Gasteiger partial charge in [-0.3, -0.25) is 29.4 Å². The zero-order chi connectivity index (χ0) is 30.2. The van der Waals surface area contributed by atoms with E-state index in [-0.39, 0.29) is 47.3 Å². The van der Waals surface area contributed by atoms with E-state index in [1.165, 1.54) is 83.5 Å². The third-order valence-corrected chi connectivity index (χ3v) is 13.9. The number of nitrogens with zero attached hydrogens (tertiary/aromatic N) is 1. The van der Waals surface area contributed by atoms with Crippen molar-refractivity contribution in [2.24, 2.45) is 71.0 Å². The topological polar surface area (TPSA) is 83.6 Å². The van der Waals surface area contributed by atoms with Crippen LogP contribution in [0.4, 0.5) is 0 Å². The highest BCUT2D eigenvalue weighted by Crippen LogP contribution is 2.56. The monoisotopic (exact) mass is 594 g/mol. The molecule has 0 spiro atoms. The number of hydrogen-bond acceptors (Lipinski definition) is 4. The highest BCUT2D eigenvalue weighted by atomic mass is 16.2. The summed E-state index contributed by atoms with van der Waals surface area (Å²) in [4.78, 5) is 49.9. The summed E-state index contributed by atoms with van der Waals surface area (Å²) in [6.45, 7) is 7.67. The van der Waals surface area contributed by atoms with Crippen LogP contribution >= 0.6 is 0 Å². The van der Waals surface area contributed by atoms with Crippen molar-refractivity contribution < 1.29 is 19.2 Å². The molecule has 0 radical (unpaired) electrons. The molecule has 12 atom stereocenters. The number of nitrogens with one attached hydrogen (secondary N) is 1. The molecule has 8 fully saturated rings. The molecular formula is C37H58N2O4. The summed E-state index contributed by atoms with van der Waals surface area (Å²) in [6.07, 6.45) is 22.1. The smallest absolute Gasteiger partial charge is 0.233 e. The van der Waals surface area contributed by atoms with E-state index < -0.39 is 0 Å². The molecule has 0 unspecified atom stereocenters. The van der Waals surface area contributed by atoms with Crippen molar-refractivity contribution in [2.45, 2.75) is 130 Å². The van der Waals surface area contributed by atoms with Crippen molar-refractivity contribution in [1.82, 2.24) is 10.2 Å². The maximum atomic E-state index is 12.8. The van der Waals surface area contributed by atoms with Gasteiger partial charge in [-0.15, -0.1) is 0 Å². The van der Waals surface area contributed by atoms with E-state index in [1.807, 2.05) is 0 Å². The number of rotatable bonds is 5. The standard InChI is InChI=1S/C18H27NO2.C10H20.C9H11NO2/c1-2-11-5-3-4-6-14(11)10-19-17(20)15-12-7-8-13(9-12)16(15)18(19)21;1-3-9-7-5-6-8-10(9)4-2;11-8-6-4-1-2-5(3-4)7(6)9(12)10-8/h11-16H,2-10H2,1H3;9-10H,3-8H2,1-2H3;4-7H,1-3H2,(H,10,11,12)/t11-,12-,13+,14+,15+,16-;9-,10-;4-,5+,6+,7-/m11./s1. The Bertz CT molecular complexity index is 991. The lowest BCUT2D eigenvalue weighted by Gasteiger charge is -2.33. The molecule has 240 valence electrons. The van der Waals surface area contributed by atoms with Gasteiger partial charge in [0.25, 0.3) is 0 Å². The molecule has 0 aromatic heterocycles. The van der Waals surface area contributed by atoms with Crippen LogP contribution in [0.2, 0.25) is 0 Å². The molecular weight excluding hydrogens is 536 g/mol. The molecule has 2 heterocycles. The van der Waals surface area contributed by atoms with Gasteiger partial charge in [-0.25, -0.2) is 0 Å². The van der Waals surface area contributed by atoms with Gasteiger partial charge in [-0.2, -0.15) is 0 Å². The summed E-state index contributed by atoms with van der Waals surface area (Å²) >= 11 is 0. The van der Waals surface area contributed by atoms with Crippen molar-refractivity contribution in [3.05, 3.63) is 0 Å². The summed E-state index contributed by atoms with van der Waals surface area (Å²) in [7, 11) is 0. The zero-order valence-corrected chi connectivity index (χ0v) is 27.2. The number of hydrogen-bond donors (Lipinski definition) is 1. The second kappa shape index (κ2) is 13.3. The zero-order valence-electron chi connectivity index (χ0n) is 27.2. The Balaban J connectivity index is 0.000000127. The van der Waals surface area contributed by atoms with Crippen molar-refractivity contribution >= 4 is 23.6 Å². The molecule has 6 aliphatic carbocycles. The highest BCUT2D eigenvalue weighted by molar-refractivity contribution is 6.06. The van der Waals surface area contributed by atoms with Crippen LogP contribution < -0.4 is 5.32 Å². The maximum Gasteiger partial charge on any atom is 0.233 e. The van der Waals surface area contributed by atoms with Crippen molar-refractivity contribution in [1.29, 1.82) is 0 Å². The molecule has 4 amide bonds. The molecule has 0 aromatic carbocycles. The normalized spacial score (nSPS) is 44.0. The van der Waals surface area contributed by atoms with E-state index in [4.69, 9.17) is 0 Å². The Morgan fingerprint density at radius 2 is 0.860 bits per heavy atom. The SMILES string of the molecule is CC[C@@H]1CCCC[C@H]1CC.CC[C@@H]1CCCC[C@H]1CN1C(=O)[C@@H]2[C@H]3CC[C@H](C3)[C@@H]2C1=O.O=C1NC(=O)[C@H]2[C@@H]3CC[C@@H](C3)[C@@H]12. The predicted octanol–water partition coefficient (Wildman–Crippen LogP) is 7.15. The maximum absolute atomic E-state index is 12.8. The number of carbonyl (C=O) groups is 4. The minimum atomic E-state index is -0.00259. The predicted molar refractivity (Wildman–Crippen MR) is 167 cm³/mol. The summed E-state index contributed by atoms with van der Waals surface area (Å²) in [6, 6.07) is 0. The first-order valence-electron chi connectivity index (χ1n) is 18.6. The minimum absolute atomic E-state index is 0.00259. The molecule has 8 rings (SSSR count). The van der Waals surface area contributed by atoms with Gasteiger partial charge < -0.3 is 0 Å². The van der Waals surface area contributed by atoms with E-state index >= 15 is 0 Å². The Labute approximate surface area is 260 Å². The van der Waals surface area contributed by atoms with Gasteiger partial charge in [-0.05, 0) is 92.3 Å². The molecule has 6 nitrogen and oxygen atoms in total. The molecule has 0 aromatic rings. The third kappa shape index (κ3) is 5.87. The fourth-order valence-electron chi connectivity index (χ4n) is 11.6. The molecule has 6 saturated carbocycles. The lowest BCUT2D eigenvalue weighted by molar-refractivity contribution is -0.142. The lowest BCUT2D eigenvalue weighted by Crippen LogP contribution is -2.39. The number of imide groups is 2. The molecule has 2 saturated heterocycles. The van der Waals surface area contributed by atoms with Gasteiger partial charge in [0.15, 0.2) is 0 Å². The third-order valence-electron chi connectivity index (χ3n) is 13.9. The Hall–Kier alpha value is -1.72. The van der Waals surface area contributed by atoms with Crippen LogP contribution in [0.1, 0.15) is 130 Å². The van der Waals surface area contributed by atoms with E-state index in [0.29, 0.717) is 29.6 Å². The molecule has 6 heteroatoms. The number of carbonyl (C=O) groups excluding carboxylic acids is 4. The fourth-order valence-corrected chi connectivity index (χ4v) is 11.6. The van der Waals surface area contributed by atoms with Crippen LogP contribution in [0, 0.1) is 71.0 Å². The summed E-state index contributed by atoms with van der Waals surface area (Å²) in [5.74, 6) is 6.13. The number of fused-ring (bicyclic) bond motifs is 10. The summed E-state index contributed by atoms with van der Waals surface area (Å²) in [5, 5.41) is 2.44. The van der Waals surface area contributed by atoms with Crippen LogP contribution in [0.15, 0.2) is 0 Å². The second-order valence-electron chi connectivity index (χ2n) is 15.7. The molecule has 43 heavy (non-hydrogen) atoms. The average Bonchev–Trinajstić information content (AvgIpc) is 3.89. The van der Waals surface area contributed by atoms with E-state index in [2.05, 4.69) is 26.1 Å². The quantitative estimate of drug-likeness (QED) is 0.343. The first kappa shape index (κ1) is 31.3. The van der Waals surface area contributed by atoms with Crippen molar-refractivity contribution in [3.63, 3.8) is 0 Å². The van der Waals surface area contributed by atoms with E-state index in [1.54, 1.807) is 4.90 Å². The minimum Gasteiger partial charge on any atom is -0.296 e. The molecule has 1 N–H and O–H groups in total. The van der Waals surface area contributed by atoms with E-state index in [9.17, 15) is 19.2 Å². The largest absolute Gasteiger partial charge is 0.296 e. The van der Waals surface area contributed by atoms with Crippen molar-refractivity contribution in [2.75, 3.05) is 6.54 Å². The van der Waals surface area contributed by atoms with Crippen LogP contribution in [0.3, 0.4) is 0 Å². The van der Waals surface area contributed by atoms with Gasteiger partial charge >= 0.3 is 0 Å². The van der Waals surface area contributed by atoms with Gasteiger partial charge in [-0.1, -0.05) is 85.0 Å². The average molecular weight is 595 g/mol. The molecule has 2 aliphatic heterocycles. The van der Waals surface area contributed by atoms with Crippen LogP contribution in [-0.4, -0.2) is 35.1 Å². The number of likely N-dealkylation sites (tertiary alicyclic amines) is 1. The summed E-state index contributed by atoms with van der Waals surface area (Å²) in [5.41, 5.74) is 0. The van der Waals surface area contributed by atoms with Crippen LogP contribution in [-0.2, 0) is 19.2 Å². The molecule has 4 bridgehead atoms. The fraction of sp³-hybridized carbons (Fsp3) is 0.892. The highest BCUT2D eigenvalue weighted by Gasteiger charge is 2.61. The van der Waals surface area contributed by atoms with Crippen LogP contribution in [0.25, 0.3) is 0 Å². The Kier molecular flexibility index (Phi) is 9.69.